The van der Waals surface area contributed by atoms with E-state index in [0.717, 1.165) is 21.3 Å². The van der Waals surface area contributed by atoms with E-state index >= 15 is 0 Å². The number of para-hydroxylation sites is 1. The minimum absolute atomic E-state index is 0.0644. The number of carbonyl (C=O) groups excluding carboxylic acids is 1. The maximum atomic E-state index is 12.1. The molecular formula is C18H16N4O3S2. The molecule has 3 aromatic rings. The zero-order chi connectivity index (χ0) is 18.5. The number of rotatable bonds is 7. The van der Waals surface area contributed by atoms with Gasteiger partial charge in [-0.1, -0.05) is 47.4 Å². The van der Waals surface area contributed by atoms with Crippen molar-refractivity contribution in [2.24, 2.45) is 0 Å². The third kappa shape index (κ3) is 4.69. The fraction of sp³-hybridized carbons (Fsp3) is 0.167. The molecule has 9 heteroatoms. The normalized spacial score (nSPS) is 12.0. The quantitative estimate of drug-likeness (QED) is 0.588. The highest BCUT2D eigenvalue weighted by molar-refractivity contribution is 8.01. The van der Waals surface area contributed by atoms with Crippen LogP contribution in [0.4, 0.5) is 10.8 Å². The predicted octanol–water partition coefficient (Wildman–Crippen LogP) is 3.42. The van der Waals surface area contributed by atoms with Gasteiger partial charge in [-0.2, -0.15) is 0 Å². The maximum absolute atomic E-state index is 12.1. The molecule has 0 saturated carbocycles. The Bertz CT molecular complexity index is 933. The van der Waals surface area contributed by atoms with Crippen LogP contribution in [0.15, 0.2) is 52.9 Å². The van der Waals surface area contributed by atoms with Crippen molar-refractivity contribution in [1.82, 2.24) is 15.5 Å². The number of nitrogens with one attached hydrogen (secondary N) is 2. The highest BCUT2D eigenvalue weighted by Crippen LogP contribution is 2.32. The molecule has 1 amide bonds. The molecule has 0 unspecified atom stereocenters. The Hall–Kier alpha value is -2.78. The van der Waals surface area contributed by atoms with Crippen LogP contribution < -0.4 is 20.1 Å². The van der Waals surface area contributed by atoms with Crippen molar-refractivity contribution in [3.05, 3.63) is 54.1 Å². The summed E-state index contributed by atoms with van der Waals surface area (Å²) in [5.74, 6) is 1.66. The Balaban J connectivity index is 1.23. The molecular weight excluding hydrogens is 384 g/mol. The third-order valence-electron chi connectivity index (χ3n) is 3.68. The van der Waals surface area contributed by atoms with Crippen LogP contribution in [0, 0.1) is 0 Å². The predicted molar refractivity (Wildman–Crippen MR) is 105 cm³/mol. The number of thioether (sulfide) groups is 1. The Labute approximate surface area is 164 Å². The summed E-state index contributed by atoms with van der Waals surface area (Å²) in [5.41, 5.74) is 1.91. The van der Waals surface area contributed by atoms with Crippen LogP contribution in [0.5, 0.6) is 11.5 Å². The average molecular weight is 400 g/mol. The molecule has 4 rings (SSSR count). The topological polar surface area (TPSA) is 85.4 Å². The Morgan fingerprint density at radius 3 is 2.85 bits per heavy atom. The summed E-state index contributed by atoms with van der Waals surface area (Å²) in [4.78, 5) is 12.1. The number of carbonyl (C=O) groups is 1. The largest absolute Gasteiger partial charge is 0.454 e. The summed E-state index contributed by atoms with van der Waals surface area (Å²) < 4.78 is 11.4. The summed E-state index contributed by atoms with van der Waals surface area (Å²) in [7, 11) is 0. The highest BCUT2D eigenvalue weighted by Gasteiger charge is 2.14. The van der Waals surface area contributed by atoms with E-state index in [1.54, 1.807) is 0 Å². The van der Waals surface area contributed by atoms with E-state index in [1.807, 2.05) is 48.5 Å². The van der Waals surface area contributed by atoms with Crippen molar-refractivity contribution in [2.75, 3.05) is 17.9 Å². The average Bonchev–Trinajstić information content (AvgIpc) is 3.34. The van der Waals surface area contributed by atoms with Crippen molar-refractivity contribution in [2.45, 2.75) is 10.9 Å². The van der Waals surface area contributed by atoms with Crippen LogP contribution in [-0.2, 0) is 11.3 Å². The lowest BCUT2D eigenvalue weighted by Gasteiger charge is -2.05. The maximum Gasteiger partial charge on any atom is 0.231 e. The molecule has 27 heavy (non-hydrogen) atoms. The van der Waals surface area contributed by atoms with Gasteiger partial charge in [0.25, 0.3) is 0 Å². The van der Waals surface area contributed by atoms with Gasteiger partial charge in [0.05, 0.1) is 5.75 Å². The van der Waals surface area contributed by atoms with Gasteiger partial charge in [0.2, 0.25) is 17.8 Å². The molecule has 0 bridgehead atoms. The molecule has 7 nitrogen and oxygen atoms in total. The first-order valence-corrected chi connectivity index (χ1v) is 10.00. The van der Waals surface area contributed by atoms with Gasteiger partial charge in [0.1, 0.15) is 0 Å². The van der Waals surface area contributed by atoms with Gasteiger partial charge in [-0.05, 0) is 29.8 Å². The standard InChI is InChI=1S/C18H16N4O3S2/c23-16(19-9-12-6-7-14-15(8-12)25-11-24-14)10-26-18-22-21-17(27-18)20-13-4-2-1-3-5-13/h1-8H,9-11H2,(H,19,23)(H,20,21). The second kappa shape index (κ2) is 8.28. The smallest absolute Gasteiger partial charge is 0.231 e. The molecule has 0 aliphatic carbocycles. The summed E-state index contributed by atoms with van der Waals surface area (Å²) in [6.07, 6.45) is 0. The SMILES string of the molecule is O=C(CSc1nnc(Nc2ccccc2)s1)NCc1ccc2c(c1)OCO2. The fourth-order valence-electron chi connectivity index (χ4n) is 2.39. The Morgan fingerprint density at radius 1 is 1.11 bits per heavy atom. The van der Waals surface area contributed by atoms with E-state index < -0.39 is 0 Å². The van der Waals surface area contributed by atoms with Gasteiger partial charge in [-0.25, -0.2) is 0 Å². The van der Waals surface area contributed by atoms with Gasteiger partial charge < -0.3 is 20.1 Å². The number of benzene rings is 2. The summed E-state index contributed by atoms with van der Waals surface area (Å²) in [5, 5.41) is 15.0. The summed E-state index contributed by atoms with van der Waals surface area (Å²) in [6.45, 7) is 0.678. The van der Waals surface area contributed by atoms with E-state index in [0.29, 0.717) is 17.4 Å². The van der Waals surface area contributed by atoms with Crippen LogP contribution >= 0.6 is 23.1 Å². The molecule has 0 fully saturated rings. The van der Waals surface area contributed by atoms with Crippen LogP contribution in [0.3, 0.4) is 0 Å². The van der Waals surface area contributed by atoms with E-state index in [4.69, 9.17) is 9.47 Å². The molecule has 0 radical (unpaired) electrons. The number of anilines is 2. The number of amides is 1. The van der Waals surface area contributed by atoms with E-state index in [1.165, 1.54) is 23.1 Å². The zero-order valence-corrected chi connectivity index (χ0v) is 15.8. The molecule has 0 spiro atoms. The highest BCUT2D eigenvalue weighted by atomic mass is 32.2. The molecule has 0 saturated heterocycles. The minimum atomic E-state index is -0.0644. The summed E-state index contributed by atoms with van der Waals surface area (Å²) >= 11 is 2.78. The van der Waals surface area contributed by atoms with Crippen LogP contribution in [0.1, 0.15) is 5.56 Å². The molecule has 138 valence electrons. The van der Waals surface area contributed by atoms with Crippen LogP contribution in [-0.4, -0.2) is 28.7 Å². The lowest BCUT2D eigenvalue weighted by molar-refractivity contribution is -0.118. The lowest BCUT2D eigenvalue weighted by atomic mass is 10.2. The molecule has 2 aromatic carbocycles. The van der Waals surface area contributed by atoms with Gasteiger partial charge in [-0.15, -0.1) is 10.2 Å². The fourth-order valence-corrected chi connectivity index (χ4v) is 4.00. The number of nitrogens with zero attached hydrogens (tertiary/aromatic N) is 2. The van der Waals surface area contributed by atoms with E-state index in [2.05, 4.69) is 20.8 Å². The monoisotopic (exact) mass is 400 g/mol. The molecule has 1 aromatic heterocycles. The lowest BCUT2D eigenvalue weighted by Crippen LogP contribution is -2.24. The van der Waals surface area contributed by atoms with Crippen LogP contribution in [0.25, 0.3) is 0 Å². The minimum Gasteiger partial charge on any atom is -0.454 e. The van der Waals surface area contributed by atoms with E-state index in [9.17, 15) is 4.79 Å². The molecule has 0 atom stereocenters. The Morgan fingerprint density at radius 2 is 1.96 bits per heavy atom. The first-order valence-electron chi connectivity index (χ1n) is 8.20. The van der Waals surface area contributed by atoms with Gasteiger partial charge in [0.15, 0.2) is 15.8 Å². The van der Waals surface area contributed by atoms with Crippen molar-refractivity contribution in [3.8, 4) is 11.5 Å². The first kappa shape index (κ1) is 17.6. The number of hydrogen-bond acceptors (Lipinski definition) is 8. The van der Waals surface area contributed by atoms with Crippen molar-refractivity contribution in [3.63, 3.8) is 0 Å². The molecule has 2 N–H and O–H groups in total. The number of hydrogen-bond donors (Lipinski definition) is 2. The van der Waals surface area contributed by atoms with Crippen molar-refractivity contribution in [1.29, 1.82) is 0 Å². The van der Waals surface area contributed by atoms with Crippen molar-refractivity contribution < 1.29 is 14.3 Å². The zero-order valence-electron chi connectivity index (χ0n) is 14.2. The Kier molecular flexibility index (Phi) is 5.40. The van der Waals surface area contributed by atoms with Crippen molar-refractivity contribution >= 4 is 39.8 Å². The number of fused-ring (bicyclic) bond motifs is 1. The van der Waals surface area contributed by atoms with Crippen LogP contribution in [0.2, 0.25) is 0 Å². The molecule has 1 aliphatic rings. The van der Waals surface area contributed by atoms with Gasteiger partial charge >= 0.3 is 0 Å². The second-order valence-electron chi connectivity index (χ2n) is 5.62. The molecule has 1 aliphatic heterocycles. The molecule has 2 heterocycles. The third-order valence-corrected chi connectivity index (χ3v) is 5.66. The van der Waals surface area contributed by atoms with Gasteiger partial charge in [-0.3, -0.25) is 4.79 Å². The first-order chi connectivity index (χ1) is 13.3. The second-order valence-corrected chi connectivity index (χ2v) is 7.82. The number of aromatic nitrogens is 2. The van der Waals surface area contributed by atoms with E-state index in [-0.39, 0.29) is 18.5 Å². The number of ether oxygens (including phenoxy) is 2. The van der Waals surface area contributed by atoms with Gasteiger partial charge in [0, 0.05) is 12.2 Å². The summed E-state index contributed by atoms with van der Waals surface area (Å²) in [6, 6.07) is 15.4.